The van der Waals surface area contributed by atoms with Crippen LogP contribution in [0.1, 0.15) is 52.5 Å². The maximum atomic E-state index is 10.8. The number of aliphatic hydroxyl groups excluding tert-OH is 1. The molecule has 0 heterocycles. The minimum atomic E-state index is -0.713. The fourth-order valence-electron chi connectivity index (χ4n) is 1.19. The number of aliphatic carboxylic acids is 1. The van der Waals surface area contributed by atoms with Crippen LogP contribution in [0.3, 0.4) is 0 Å². The first-order valence-electron chi connectivity index (χ1n) is 8.16. The predicted octanol–water partition coefficient (Wildman–Crippen LogP) is 3.46. The maximum absolute atomic E-state index is 10.8. The topological polar surface area (TPSA) is 101 Å². The Morgan fingerprint density at radius 1 is 1.12 bits per heavy atom. The number of rotatable bonds is 6. The quantitative estimate of drug-likeness (QED) is 0.598. The van der Waals surface area contributed by atoms with Gasteiger partial charge >= 0.3 is 11.9 Å². The molecular weight excluding hydrogens is 324 g/mol. The van der Waals surface area contributed by atoms with Gasteiger partial charge in [0.05, 0.1) is 0 Å². The Bertz CT molecular complexity index is 429. The maximum Gasteiger partial charge on any atom is 0.305 e. The van der Waals surface area contributed by atoms with Gasteiger partial charge in [0.2, 0.25) is 0 Å². The van der Waals surface area contributed by atoms with Crippen molar-refractivity contribution in [1.29, 1.82) is 0 Å². The molecule has 0 spiro atoms. The van der Waals surface area contributed by atoms with Crippen molar-refractivity contribution in [3.63, 3.8) is 0 Å². The lowest BCUT2D eigenvalue weighted by atomic mass is 10.1. The van der Waals surface area contributed by atoms with Gasteiger partial charge in [-0.2, -0.15) is 0 Å². The van der Waals surface area contributed by atoms with Crippen LogP contribution in [0.15, 0.2) is 30.3 Å². The van der Waals surface area contributed by atoms with E-state index in [2.05, 4.69) is 0 Å². The molecule has 25 heavy (non-hydrogen) atoms. The van der Waals surface area contributed by atoms with E-state index < -0.39 is 5.97 Å². The number of hydrogen-bond acceptors (Lipinski definition) is 5. The molecule has 6 nitrogen and oxygen atoms in total. The number of carboxylic acid groups (broad SMARTS) is 1. The molecule has 0 atom stereocenters. The smallest absolute Gasteiger partial charge is 0.305 e. The number of aliphatic hydroxyl groups is 1. The molecule has 2 N–H and O–H groups in total. The second kappa shape index (κ2) is 21.8. The number of benzene rings is 1. The van der Waals surface area contributed by atoms with Gasteiger partial charge in [0.15, 0.2) is 0 Å². The molecule has 0 saturated carbocycles. The van der Waals surface area contributed by atoms with Crippen LogP contribution in [0.5, 0.6) is 0 Å². The summed E-state index contributed by atoms with van der Waals surface area (Å²) in [5.41, 5.74) is 1.03. The van der Waals surface area contributed by atoms with Crippen molar-refractivity contribution < 1.29 is 29.3 Å². The van der Waals surface area contributed by atoms with Gasteiger partial charge < -0.3 is 19.7 Å². The minimum Gasteiger partial charge on any atom is -0.481 e. The van der Waals surface area contributed by atoms with Gasteiger partial charge in [0.1, 0.15) is 12.9 Å². The lowest BCUT2D eigenvalue weighted by Crippen LogP contribution is -2.01. The molecule has 0 bridgehead atoms. The van der Waals surface area contributed by atoms with E-state index >= 15 is 0 Å². The highest BCUT2D eigenvalue weighted by Gasteiger charge is 1.98. The third-order valence-electron chi connectivity index (χ3n) is 2.28. The highest BCUT2D eigenvalue weighted by molar-refractivity contribution is 5.68. The van der Waals surface area contributed by atoms with E-state index in [-0.39, 0.29) is 18.3 Å². The fraction of sp³-hybridized carbons (Fsp3) is 0.526. The molecule has 144 valence electrons. The molecule has 1 rings (SSSR count). The van der Waals surface area contributed by atoms with Gasteiger partial charge in [-0.25, -0.2) is 0 Å². The Hall–Kier alpha value is -2.21. The van der Waals surface area contributed by atoms with Gasteiger partial charge in [-0.15, -0.1) is 0 Å². The van der Waals surface area contributed by atoms with Gasteiger partial charge in [0, 0.05) is 26.4 Å². The fourth-order valence-corrected chi connectivity index (χ4v) is 1.19. The minimum absolute atomic E-state index is 0.154. The summed E-state index contributed by atoms with van der Waals surface area (Å²) in [6.07, 6.45) is 2.23. The van der Waals surface area contributed by atoms with E-state index in [4.69, 9.17) is 14.9 Å². The molecule has 6 heteroatoms. The van der Waals surface area contributed by atoms with E-state index in [0.717, 1.165) is 19.0 Å². The monoisotopic (exact) mass is 356 g/mol. The normalized spacial score (nSPS) is 8.44. The number of carboxylic acids is 1. The average Bonchev–Trinajstić information content (AvgIpc) is 2.61. The highest BCUT2D eigenvalue weighted by atomic mass is 16.5. The Balaban J connectivity index is -0.000000317. The summed E-state index contributed by atoms with van der Waals surface area (Å²) >= 11 is 0. The van der Waals surface area contributed by atoms with Crippen molar-refractivity contribution in [3.05, 3.63) is 35.9 Å². The number of ether oxygens (including phenoxy) is 1. The van der Waals surface area contributed by atoms with Crippen LogP contribution in [-0.2, 0) is 25.7 Å². The molecule has 0 aliphatic rings. The molecule has 0 aromatic heterocycles. The van der Waals surface area contributed by atoms with Gasteiger partial charge in [-0.05, 0) is 11.5 Å². The van der Waals surface area contributed by atoms with Crippen LogP contribution >= 0.6 is 0 Å². The number of aldehydes is 1. The summed E-state index contributed by atoms with van der Waals surface area (Å²) in [6.45, 7) is 7.75. The van der Waals surface area contributed by atoms with E-state index in [0.29, 0.717) is 19.4 Å². The van der Waals surface area contributed by atoms with E-state index in [1.165, 1.54) is 0 Å². The Kier molecular flexibility index (Phi) is 24.1. The van der Waals surface area contributed by atoms with Crippen LogP contribution in [0.25, 0.3) is 0 Å². The van der Waals surface area contributed by atoms with Crippen molar-refractivity contribution in [2.75, 3.05) is 7.11 Å². The zero-order valence-electron chi connectivity index (χ0n) is 15.9. The van der Waals surface area contributed by atoms with Crippen molar-refractivity contribution in [2.24, 2.45) is 5.92 Å². The summed E-state index contributed by atoms with van der Waals surface area (Å²) in [6, 6.07) is 9.65. The highest BCUT2D eigenvalue weighted by Crippen LogP contribution is 2.01. The summed E-state index contributed by atoms with van der Waals surface area (Å²) in [4.78, 5) is 29.7. The number of carbonyl (C=O) groups excluding carboxylic acids is 2. The van der Waals surface area contributed by atoms with Gasteiger partial charge in [-0.3, -0.25) is 9.59 Å². The van der Waals surface area contributed by atoms with Crippen molar-refractivity contribution >= 4 is 18.2 Å². The molecule has 0 fully saturated rings. The number of esters is 1. The summed E-state index contributed by atoms with van der Waals surface area (Å²) in [7, 11) is 1.00. The SMILES string of the molecule is CC(C)CC(=O)O.CCC(=O)OCc1ccccc1.CCC=O.CO. The second-order valence-corrected chi connectivity index (χ2v) is 5.07. The largest absolute Gasteiger partial charge is 0.481 e. The zero-order valence-corrected chi connectivity index (χ0v) is 15.9. The first kappa shape index (κ1) is 27.6. The Morgan fingerprint density at radius 3 is 1.88 bits per heavy atom. The Morgan fingerprint density at radius 2 is 1.60 bits per heavy atom. The summed E-state index contributed by atoms with van der Waals surface area (Å²) in [5, 5.41) is 15.1. The Labute approximate surface area is 150 Å². The molecule has 0 aliphatic heterocycles. The van der Waals surface area contributed by atoms with E-state index in [9.17, 15) is 14.4 Å². The molecule has 0 aliphatic carbocycles. The van der Waals surface area contributed by atoms with Crippen LogP contribution < -0.4 is 0 Å². The molecule has 0 radical (unpaired) electrons. The van der Waals surface area contributed by atoms with Crippen LogP contribution in [0.2, 0.25) is 0 Å². The number of carbonyl (C=O) groups is 3. The standard InChI is InChI=1S/C10H12O2.C5H10O2.C3H6O.CH4O/c1-2-10(11)12-8-9-6-4-3-5-7-9;1-4(2)3-5(6)7;1-2-3-4;1-2/h3-7H,2,8H2,1H3;4H,3H2,1-2H3,(H,6,7);3H,2H2,1H3;2H,1H3. The zero-order chi connectivity index (χ0) is 20.1. The summed E-state index contributed by atoms with van der Waals surface area (Å²) < 4.78 is 4.94. The lowest BCUT2D eigenvalue weighted by Gasteiger charge is -2.01. The van der Waals surface area contributed by atoms with Crippen LogP contribution in [-0.4, -0.2) is 35.5 Å². The third-order valence-corrected chi connectivity index (χ3v) is 2.28. The average molecular weight is 356 g/mol. The lowest BCUT2D eigenvalue weighted by molar-refractivity contribution is -0.144. The molecule has 1 aromatic rings. The third kappa shape index (κ3) is 27.0. The first-order chi connectivity index (χ1) is 11.9. The molecular formula is C19H32O6. The van der Waals surface area contributed by atoms with Gasteiger partial charge in [-0.1, -0.05) is 58.0 Å². The van der Waals surface area contributed by atoms with E-state index in [1.807, 2.05) is 51.1 Å². The summed E-state index contributed by atoms with van der Waals surface area (Å²) in [5.74, 6) is -0.591. The van der Waals surface area contributed by atoms with Gasteiger partial charge in [0.25, 0.3) is 0 Å². The first-order valence-corrected chi connectivity index (χ1v) is 8.16. The molecule has 0 amide bonds. The predicted molar refractivity (Wildman–Crippen MR) is 98.1 cm³/mol. The second-order valence-electron chi connectivity index (χ2n) is 5.07. The van der Waals surface area contributed by atoms with Crippen LogP contribution in [0, 0.1) is 5.92 Å². The van der Waals surface area contributed by atoms with Crippen molar-refractivity contribution in [2.45, 2.75) is 53.6 Å². The molecule has 0 saturated heterocycles. The molecule has 0 unspecified atom stereocenters. The van der Waals surface area contributed by atoms with Crippen LogP contribution in [0.4, 0.5) is 0 Å². The van der Waals surface area contributed by atoms with Crippen molar-refractivity contribution in [1.82, 2.24) is 0 Å². The number of hydrogen-bond donors (Lipinski definition) is 2. The van der Waals surface area contributed by atoms with E-state index in [1.54, 1.807) is 6.92 Å². The molecule has 1 aromatic carbocycles. The van der Waals surface area contributed by atoms with Crippen molar-refractivity contribution in [3.8, 4) is 0 Å².